The van der Waals surface area contributed by atoms with Crippen molar-refractivity contribution in [2.75, 3.05) is 0 Å². The SMILES string of the molecule is Cc1nn(-c2ccccc2)c(C(C)C)c1C(Cc1ccc(F)cc1Cl)C(N)=O. The molecule has 0 bridgehead atoms. The van der Waals surface area contributed by atoms with E-state index in [-0.39, 0.29) is 17.4 Å². The fourth-order valence-electron chi connectivity index (χ4n) is 3.56. The van der Waals surface area contributed by atoms with Gasteiger partial charge in [-0.3, -0.25) is 4.79 Å². The Morgan fingerprint density at radius 1 is 1.21 bits per heavy atom. The second kappa shape index (κ2) is 8.15. The van der Waals surface area contributed by atoms with Gasteiger partial charge in [0.2, 0.25) is 5.91 Å². The van der Waals surface area contributed by atoms with Crippen LogP contribution in [0.5, 0.6) is 0 Å². The van der Waals surface area contributed by atoms with Crippen LogP contribution in [0.2, 0.25) is 5.02 Å². The third kappa shape index (κ3) is 3.94. The summed E-state index contributed by atoms with van der Waals surface area (Å²) in [4.78, 5) is 12.4. The lowest BCUT2D eigenvalue weighted by molar-refractivity contribution is -0.119. The van der Waals surface area contributed by atoms with Gasteiger partial charge in [-0.2, -0.15) is 5.10 Å². The van der Waals surface area contributed by atoms with Crippen molar-refractivity contribution in [2.24, 2.45) is 5.73 Å². The van der Waals surface area contributed by atoms with Gasteiger partial charge >= 0.3 is 0 Å². The van der Waals surface area contributed by atoms with E-state index in [4.69, 9.17) is 22.4 Å². The summed E-state index contributed by atoms with van der Waals surface area (Å²) in [6.45, 7) is 5.99. The van der Waals surface area contributed by atoms with Gasteiger partial charge in [-0.15, -0.1) is 0 Å². The summed E-state index contributed by atoms with van der Waals surface area (Å²) in [5.41, 5.74) is 9.88. The average molecular weight is 400 g/mol. The fourth-order valence-corrected chi connectivity index (χ4v) is 3.81. The van der Waals surface area contributed by atoms with Crippen LogP contribution in [0.25, 0.3) is 5.69 Å². The van der Waals surface area contributed by atoms with Crippen LogP contribution in [0, 0.1) is 12.7 Å². The minimum Gasteiger partial charge on any atom is -0.369 e. The molecule has 1 unspecified atom stereocenters. The molecule has 146 valence electrons. The summed E-state index contributed by atoms with van der Waals surface area (Å²) in [7, 11) is 0. The van der Waals surface area contributed by atoms with Gasteiger partial charge in [0.15, 0.2) is 0 Å². The normalized spacial score (nSPS) is 12.4. The van der Waals surface area contributed by atoms with Crippen molar-refractivity contribution < 1.29 is 9.18 Å². The molecular formula is C22H23ClFN3O. The zero-order valence-corrected chi connectivity index (χ0v) is 16.9. The molecule has 2 aromatic carbocycles. The largest absolute Gasteiger partial charge is 0.369 e. The molecule has 1 atom stereocenters. The van der Waals surface area contributed by atoms with Gasteiger partial charge in [-0.25, -0.2) is 9.07 Å². The number of carbonyl (C=O) groups excluding carboxylic acids is 1. The first-order valence-corrected chi connectivity index (χ1v) is 9.55. The van der Waals surface area contributed by atoms with Gasteiger partial charge in [0.05, 0.1) is 23.0 Å². The average Bonchev–Trinajstić information content (AvgIpc) is 2.99. The predicted molar refractivity (Wildman–Crippen MR) is 109 cm³/mol. The van der Waals surface area contributed by atoms with Gasteiger partial charge in [0.25, 0.3) is 0 Å². The van der Waals surface area contributed by atoms with Crippen molar-refractivity contribution in [1.82, 2.24) is 9.78 Å². The molecule has 0 radical (unpaired) electrons. The fraction of sp³-hybridized carbons (Fsp3) is 0.273. The zero-order chi connectivity index (χ0) is 20.4. The Morgan fingerprint density at radius 2 is 1.89 bits per heavy atom. The molecule has 3 rings (SSSR count). The van der Waals surface area contributed by atoms with E-state index in [2.05, 4.69) is 13.8 Å². The molecule has 0 aliphatic rings. The highest BCUT2D eigenvalue weighted by Gasteiger charge is 2.30. The number of primary amides is 1. The van der Waals surface area contributed by atoms with E-state index in [9.17, 15) is 9.18 Å². The van der Waals surface area contributed by atoms with Crippen LogP contribution >= 0.6 is 11.6 Å². The highest BCUT2D eigenvalue weighted by molar-refractivity contribution is 6.31. The van der Waals surface area contributed by atoms with Crippen molar-refractivity contribution in [3.63, 3.8) is 0 Å². The third-order valence-electron chi connectivity index (χ3n) is 4.82. The number of amides is 1. The molecular weight excluding hydrogens is 377 g/mol. The van der Waals surface area contributed by atoms with E-state index < -0.39 is 17.6 Å². The van der Waals surface area contributed by atoms with Crippen LogP contribution in [0.4, 0.5) is 4.39 Å². The van der Waals surface area contributed by atoms with Gasteiger partial charge in [-0.1, -0.05) is 49.7 Å². The van der Waals surface area contributed by atoms with E-state index in [0.29, 0.717) is 5.56 Å². The van der Waals surface area contributed by atoms with Crippen LogP contribution in [0.1, 0.15) is 48.2 Å². The number of para-hydroxylation sites is 1. The van der Waals surface area contributed by atoms with Gasteiger partial charge in [0.1, 0.15) is 5.82 Å². The molecule has 1 aromatic heterocycles. The van der Waals surface area contributed by atoms with E-state index in [0.717, 1.165) is 22.6 Å². The van der Waals surface area contributed by atoms with Crippen LogP contribution < -0.4 is 5.73 Å². The first kappa shape index (κ1) is 20.1. The highest BCUT2D eigenvalue weighted by atomic mass is 35.5. The van der Waals surface area contributed by atoms with Crippen molar-refractivity contribution in [3.05, 3.63) is 81.9 Å². The smallest absolute Gasteiger partial charge is 0.225 e. The number of hydrogen-bond acceptors (Lipinski definition) is 2. The second-order valence-electron chi connectivity index (χ2n) is 7.18. The van der Waals surface area contributed by atoms with Crippen molar-refractivity contribution in [1.29, 1.82) is 0 Å². The standard InChI is InChI=1S/C22H23ClFN3O/c1-13(2)21-20(14(3)26-27(21)17-7-5-4-6-8-17)18(22(25)28)11-15-9-10-16(24)12-19(15)23/h4-10,12-13,18H,11H2,1-3H3,(H2,25,28). The molecule has 1 heterocycles. The number of benzene rings is 2. The lowest BCUT2D eigenvalue weighted by atomic mass is 9.87. The molecule has 3 aromatic rings. The molecule has 28 heavy (non-hydrogen) atoms. The van der Waals surface area contributed by atoms with Gasteiger partial charge in [-0.05, 0) is 49.1 Å². The number of aromatic nitrogens is 2. The van der Waals surface area contributed by atoms with Gasteiger partial charge < -0.3 is 5.73 Å². The quantitative estimate of drug-likeness (QED) is 0.640. The number of halogens is 2. The number of hydrogen-bond donors (Lipinski definition) is 1. The maximum absolute atomic E-state index is 13.4. The first-order chi connectivity index (χ1) is 13.3. The topological polar surface area (TPSA) is 60.9 Å². The lowest BCUT2D eigenvalue weighted by Crippen LogP contribution is -2.25. The number of nitrogens with zero attached hydrogens (tertiary/aromatic N) is 2. The zero-order valence-electron chi connectivity index (χ0n) is 16.1. The molecule has 4 nitrogen and oxygen atoms in total. The Morgan fingerprint density at radius 3 is 2.46 bits per heavy atom. The summed E-state index contributed by atoms with van der Waals surface area (Å²) in [6, 6.07) is 14.0. The van der Waals surface area contributed by atoms with Crippen molar-refractivity contribution in [2.45, 2.75) is 39.0 Å². The van der Waals surface area contributed by atoms with Gasteiger partial charge in [0, 0.05) is 10.6 Å². The molecule has 0 aliphatic heterocycles. The van der Waals surface area contributed by atoms with Crippen molar-refractivity contribution >= 4 is 17.5 Å². The maximum Gasteiger partial charge on any atom is 0.225 e. The molecule has 0 spiro atoms. The minimum atomic E-state index is -0.613. The summed E-state index contributed by atoms with van der Waals surface area (Å²) < 4.78 is 15.3. The highest BCUT2D eigenvalue weighted by Crippen LogP contribution is 2.34. The molecule has 0 saturated heterocycles. The Bertz CT molecular complexity index is 999. The van der Waals surface area contributed by atoms with Crippen LogP contribution in [-0.4, -0.2) is 15.7 Å². The van der Waals surface area contributed by atoms with E-state index >= 15 is 0 Å². The lowest BCUT2D eigenvalue weighted by Gasteiger charge is -2.19. The maximum atomic E-state index is 13.4. The Labute approximate surface area is 169 Å². The Hall–Kier alpha value is -2.66. The first-order valence-electron chi connectivity index (χ1n) is 9.17. The van der Waals surface area contributed by atoms with E-state index in [1.54, 1.807) is 6.07 Å². The van der Waals surface area contributed by atoms with Crippen LogP contribution in [-0.2, 0) is 11.2 Å². The predicted octanol–water partition coefficient (Wildman–Crippen LogP) is 4.91. The molecule has 1 amide bonds. The van der Waals surface area contributed by atoms with E-state index in [1.807, 2.05) is 41.9 Å². The third-order valence-corrected chi connectivity index (χ3v) is 5.17. The number of aryl methyl sites for hydroxylation is 1. The summed E-state index contributed by atoms with van der Waals surface area (Å²) >= 11 is 6.20. The summed E-state index contributed by atoms with van der Waals surface area (Å²) in [6.07, 6.45) is 0.287. The number of rotatable bonds is 6. The summed E-state index contributed by atoms with van der Waals surface area (Å²) in [5, 5.41) is 4.98. The summed E-state index contributed by atoms with van der Waals surface area (Å²) in [5.74, 6) is -1.38. The molecule has 0 aliphatic carbocycles. The number of nitrogens with two attached hydrogens (primary N) is 1. The molecule has 0 fully saturated rings. The molecule has 2 N–H and O–H groups in total. The Kier molecular flexibility index (Phi) is 5.84. The van der Waals surface area contributed by atoms with Crippen molar-refractivity contribution in [3.8, 4) is 5.69 Å². The molecule has 0 saturated carbocycles. The molecule has 6 heteroatoms. The van der Waals surface area contributed by atoms with Crippen LogP contribution in [0.15, 0.2) is 48.5 Å². The Balaban J connectivity index is 2.13. The minimum absolute atomic E-state index is 0.113. The second-order valence-corrected chi connectivity index (χ2v) is 7.59. The number of carbonyl (C=O) groups is 1. The van der Waals surface area contributed by atoms with Crippen LogP contribution in [0.3, 0.4) is 0 Å². The monoisotopic (exact) mass is 399 g/mol. The van der Waals surface area contributed by atoms with E-state index in [1.165, 1.54) is 12.1 Å².